The highest BCUT2D eigenvalue weighted by Gasteiger charge is 2.35. The number of unbranched alkanes of at least 4 members (excludes halogenated alkanes) is 1. The summed E-state index contributed by atoms with van der Waals surface area (Å²) in [6, 6.07) is 0.660. The Bertz CT molecular complexity index is 4570. The van der Waals surface area contributed by atoms with Crippen LogP contribution in [0.5, 0.6) is 0 Å². The van der Waals surface area contributed by atoms with Crippen molar-refractivity contribution in [3.8, 4) is 0 Å². The summed E-state index contributed by atoms with van der Waals surface area (Å²) in [5.74, 6) is 10.5. The first-order chi connectivity index (χ1) is 62.7. The lowest BCUT2D eigenvalue weighted by Crippen LogP contribution is -2.25. The van der Waals surface area contributed by atoms with Gasteiger partial charge in [-0.05, 0) is 244 Å². The summed E-state index contributed by atoms with van der Waals surface area (Å²) in [5.41, 5.74) is 25.2. The summed E-state index contributed by atoms with van der Waals surface area (Å²) in [5, 5.41) is 3.21. The van der Waals surface area contributed by atoms with Crippen LogP contribution in [0.15, 0.2) is 0 Å². The minimum Gasteiger partial charge on any atom is -0.311 e. The van der Waals surface area contributed by atoms with Gasteiger partial charge in [-0.25, -0.2) is 78.6 Å². The molecule has 2 unspecified atom stereocenters. The van der Waals surface area contributed by atoms with Gasteiger partial charge in [-0.15, -0.1) is 0 Å². The van der Waals surface area contributed by atoms with Gasteiger partial charge in [-0.3, -0.25) is 14.2 Å². The van der Waals surface area contributed by atoms with Gasteiger partial charge in [0.25, 0.3) is 0 Å². The number of alkyl halides is 3. The highest BCUT2D eigenvalue weighted by Crippen LogP contribution is 2.41. The number of hydrogen-bond donors (Lipinski definition) is 1. The van der Waals surface area contributed by atoms with Gasteiger partial charge in [0.15, 0.2) is 0 Å². The molecule has 0 aliphatic heterocycles. The molecule has 0 fully saturated rings. The molecule has 0 spiro atoms. The first-order valence-electron chi connectivity index (χ1n) is 52.8. The highest BCUT2D eigenvalue weighted by atomic mass is 19.1. The molecule has 0 saturated carbocycles. The maximum atomic E-state index is 13.1. The average molecular weight is 1920 g/mol. The van der Waals surface area contributed by atoms with E-state index in [9.17, 15) is 13.2 Å². The number of nitrogens with zero attached hydrogens (tertiary/aromatic N) is 16. The van der Waals surface area contributed by atoms with Crippen molar-refractivity contribution in [2.24, 2.45) is 0 Å². The Balaban J connectivity index is 0.000000805. The quantitative estimate of drug-likeness (QED) is 0.0464. The van der Waals surface area contributed by atoms with Crippen LogP contribution in [0.4, 0.5) is 13.2 Å². The van der Waals surface area contributed by atoms with E-state index in [1.54, 1.807) is 13.8 Å². The molecule has 0 aromatic carbocycles. The summed E-state index contributed by atoms with van der Waals surface area (Å²) in [7, 11) is 10.2. The number of halogens is 3. The Morgan fingerprint density at radius 3 is 0.572 bits per heavy atom. The Morgan fingerprint density at radius 2 is 0.413 bits per heavy atom. The maximum Gasteiger partial charge on any atom is 0.145 e. The van der Waals surface area contributed by atoms with Gasteiger partial charge in [-0.1, -0.05) is 290 Å². The third-order valence-corrected chi connectivity index (χ3v) is 25.7. The van der Waals surface area contributed by atoms with Crippen LogP contribution in [-0.2, 0) is 37.9 Å². The van der Waals surface area contributed by atoms with Crippen LogP contribution in [0.2, 0.25) is 0 Å². The molecular formula is C118H208F3N17. The Hall–Kier alpha value is -6.77. The fourth-order valence-corrected chi connectivity index (χ4v) is 17.5. The normalized spacial score (nSPS) is 14.4. The van der Waals surface area contributed by atoms with Gasteiger partial charge in [0, 0.05) is 101 Å². The van der Waals surface area contributed by atoms with Crippen molar-refractivity contribution in [2.75, 3.05) is 41.9 Å². The maximum absolute atomic E-state index is 13.1. The molecule has 7 rings (SSSR count). The number of rotatable bonds is 29. The van der Waals surface area contributed by atoms with Crippen LogP contribution in [0.1, 0.15) is 612 Å². The monoisotopic (exact) mass is 1920 g/mol. The molecule has 1 N–H and O–H groups in total. The zero-order valence-electron chi connectivity index (χ0n) is 99.6. The Kier molecular flexibility index (Phi) is 51.8. The van der Waals surface area contributed by atoms with Crippen LogP contribution in [0.3, 0.4) is 0 Å². The van der Waals surface area contributed by atoms with Crippen LogP contribution >= 0.6 is 0 Å². The van der Waals surface area contributed by atoms with Crippen molar-refractivity contribution in [2.45, 2.75) is 551 Å². The zero-order chi connectivity index (χ0) is 108. The molecule has 7 aromatic heterocycles. The minimum absolute atomic E-state index is 0.00185. The van der Waals surface area contributed by atoms with Gasteiger partial charge < -0.3 is 5.32 Å². The third-order valence-electron chi connectivity index (χ3n) is 25.7. The Labute approximate surface area is 845 Å². The minimum atomic E-state index is -0.759. The molecule has 20 heteroatoms. The molecule has 0 saturated heterocycles. The average Bonchev–Trinajstić information content (AvgIpc) is 1.01. The number of aryl methyl sites for hydroxylation is 7. The van der Waals surface area contributed by atoms with Gasteiger partial charge in [0.1, 0.15) is 40.8 Å². The second-order valence-electron chi connectivity index (χ2n) is 49.9. The van der Waals surface area contributed by atoms with Crippen molar-refractivity contribution in [1.29, 1.82) is 0 Å². The van der Waals surface area contributed by atoms with E-state index in [1.165, 1.54) is 86.7 Å². The third kappa shape index (κ3) is 39.7. The van der Waals surface area contributed by atoms with Gasteiger partial charge >= 0.3 is 0 Å². The lowest BCUT2D eigenvalue weighted by Gasteiger charge is -2.27. The first-order valence-corrected chi connectivity index (χ1v) is 52.8. The van der Waals surface area contributed by atoms with Crippen LogP contribution in [0.25, 0.3) is 0 Å². The molecule has 786 valence electrons. The summed E-state index contributed by atoms with van der Waals surface area (Å²) < 4.78 is 38.5. The standard InChI is InChI=1S/2C18H31FN2.C18H32N2.C17H29FN2.2C16H29N3.C15H27N3/c2*1-11(2)15-14(5)20-17(12(3)9-10-13(4)19)21-16(15)18(6,7)8;1-9-10-11-13(4)17-19-14(5)15(12(2)3)16(20-17)18(6,7)8;1-11(2)14-13(4)19-16(12(3)9-8-10-18)20-15(14)17(5,6)7;2*1-10(2)13-11(3)17-15(12(4)19(8)9)18-14(13)16(5,6)7;1-9(2)12-10(3)17-14(11(4)16-8)18-13(12)15(5,6)7/h2*11-13H,9-10H2,1-8H3;12-13H,9-11H2,1-8H3;11-12H,8-10H2,1-7H3;2*10,12H,1-9H3;9,11,16H,1-8H3/t2*12-,13?;13-;3*12-;11-/m1001100/s1. The molecule has 9 atom stereocenters. The number of nitrogens with one attached hydrogen (secondary N) is 1. The van der Waals surface area contributed by atoms with Crippen molar-refractivity contribution < 1.29 is 13.2 Å². The van der Waals surface area contributed by atoms with Crippen LogP contribution in [0, 0.1) is 48.5 Å². The molecule has 0 aliphatic carbocycles. The summed E-state index contributed by atoms with van der Waals surface area (Å²) in [6.45, 7) is 112. The van der Waals surface area contributed by atoms with E-state index >= 15 is 0 Å². The predicted molar refractivity (Wildman–Crippen MR) is 587 cm³/mol. The van der Waals surface area contributed by atoms with E-state index in [0.717, 1.165) is 111 Å². The van der Waals surface area contributed by atoms with E-state index in [-0.39, 0.29) is 80.5 Å². The van der Waals surface area contributed by atoms with E-state index in [0.29, 0.717) is 66.6 Å². The molecule has 0 aliphatic rings. The SMILES string of the molecule is CCCC[C@H](C)c1nc(C)c(C(C)C)c(C(C)(C)C)n1.CN[C@@H](C)c1nc(C)c(C(C)C)c(C(C)(C)C)n1.Cc1nc([C@@H](C)CCC(C)F)nc(C(C)(C)C)c1C(C)C.Cc1nc([C@@H](C)N(C)C)nc(C(C)(C)C)c1C(C)C.Cc1nc([C@H](C)CCC(C)F)nc(C(C)(C)C)c1C(C)C.Cc1nc([C@H](C)CCCF)nc(C(C)(C)C)c1C(C)C.Cc1nc([C@H](C)N(C)C)nc(C(C)(C)C)c1C(C)C. The molecule has 138 heavy (non-hydrogen) atoms. The Morgan fingerprint density at radius 1 is 0.246 bits per heavy atom. The van der Waals surface area contributed by atoms with Crippen molar-refractivity contribution >= 4 is 0 Å². The van der Waals surface area contributed by atoms with Crippen LogP contribution < -0.4 is 5.32 Å². The zero-order valence-corrected chi connectivity index (χ0v) is 99.6. The topological polar surface area (TPSA) is 199 Å². The molecule has 17 nitrogen and oxygen atoms in total. The second-order valence-corrected chi connectivity index (χ2v) is 49.9. The number of aromatic nitrogens is 14. The van der Waals surface area contributed by atoms with Crippen LogP contribution in [-0.4, -0.2) is 134 Å². The molecular weight excluding hydrogens is 1710 g/mol. The van der Waals surface area contributed by atoms with Crippen molar-refractivity contribution in [3.05, 3.63) is 159 Å². The fraction of sp³-hybridized carbons (Fsp3) is 0.763. The van der Waals surface area contributed by atoms with E-state index < -0.39 is 12.3 Å². The molecule has 7 aromatic rings. The summed E-state index contributed by atoms with van der Waals surface area (Å²) in [4.78, 5) is 71.5. The lowest BCUT2D eigenvalue weighted by atomic mass is 9.84. The first kappa shape index (κ1) is 129. The van der Waals surface area contributed by atoms with Gasteiger partial charge in [0.05, 0.1) is 77.0 Å². The second kappa shape index (κ2) is 55.3. The highest BCUT2D eigenvalue weighted by molar-refractivity contribution is 5.40. The largest absolute Gasteiger partial charge is 0.311 e. The van der Waals surface area contributed by atoms with Gasteiger partial charge in [-0.2, -0.15) is 0 Å². The molecule has 7 heterocycles. The number of hydrogen-bond acceptors (Lipinski definition) is 17. The molecule has 0 radical (unpaired) electrons. The summed E-state index contributed by atoms with van der Waals surface area (Å²) in [6.07, 6.45) is 6.27. The lowest BCUT2D eigenvalue weighted by molar-refractivity contribution is 0.306. The molecule has 0 amide bonds. The van der Waals surface area contributed by atoms with E-state index in [4.69, 9.17) is 59.8 Å². The fourth-order valence-electron chi connectivity index (χ4n) is 17.5. The van der Waals surface area contributed by atoms with E-state index in [1.807, 2.05) is 7.05 Å². The molecule has 0 bridgehead atoms. The van der Waals surface area contributed by atoms with Crippen molar-refractivity contribution in [1.82, 2.24) is 84.9 Å². The summed E-state index contributed by atoms with van der Waals surface area (Å²) >= 11 is 0. The van der Waals surface area contributed by atoms with Gasteiger partial charge in [0.2, 0.25) is 0 Å². The van der Waals surface area contributed by atoms with Crippen molar-refractivity contribution in [3.63, 3.8) is 0 Å². The van der Waals surface area contributed by atoms with E-state index in [2.05, 4.69) is 399 Å². The smallest absolute Gasteiger partial charge is 0.145 e. The predicted octanol–water partition coefficient (Wildman–Crippen LogP) is 32.6.